The Hall–Kier alpha value is -2.50. The van der Waals surface area contributed by atoms with E-state index >= 15 is 0 Å². The maximum atomic E-state index is 5.74. The molecule has 0 aliphatic heterocycles. The summed E-state index contributed by atoms with van der Waals surface area (Å²) in [6, 6.07) is 9.84. The van der Waals surface area contributed by atoms with E-state index in [0.29, 0.717) is 19.1 Å². The van der Waals surface area contributed by atoms with Gasteiger partial charge in [0.1, 0.15) is 18.2 Å². The van der Waals surface area contributed by atoms with Gasteiger partial charge in [-0.1, -0.05) is 32.0 Å². The van der Waals surface area contributed by atoms with Gasteiger partial charge in [-0.05, 0) is 18.1 Å². The smallest absolute Gasteiger partial charge is 0.193 e. The molecule has 0 unspecified atom stereocenters. The van der Waals surface area contributed by atoms with Crippen LogP contribution in [0.4, 0.5) is 0 Å². The van der Waals surface area contributed by atoms with Crippen molar-refractivity contribution in [3.05, 3.63) is 48.5 Å². The topological polar surface area (TPSA) is 54.7 Å². The largest absolute Gasteiger partial charge is 0.492 e. The number of ether oxygens (including phenoxy) is 1. The van der Waals surface area contributed by atoms with E-state index in [1.165, 1.54) is 0 Å². The van der Waals surface area contributed by atoms with E-state index in [2.05, 4.69) is 38.6 Å². The summed E-state index contributed by atoms with van der Waals surface area (Å²) in [5, 5.41) is 3.37. The summed E-state index contributed by atoms with van der Waals surface area (Å²) in [6.45, 7) is 7.37. The molecule has 0 saturated heterocycles. The number of nitrogens with zero attached hydrogens (tertiary/aromatic N) is 4. The third kappa shape index (κ3) is 6.14. The van der Waals surface area contributed by atoms with Crippen molar-refractivity contribution in [2.45, 2.75) is 26.9 Å². The van der Waals surface area contributed by atoms with E-state index in [1.807, 2.05) is 49.8 Å². The average molecular weight is 343 g/mol. The first-order chi connectivity index (χ1) is 12.1. The van der Waals surface area contributed by atoms with E-state index < -0.39 is 0 Å². The maximum Gasteiger partial charge on any atom is 0.193 e. The lowest BCUT2D eigenvalue weighted by atomic mass is 10.2. The van der Waals surface area contributed by atoms with Crippen LogP contribution in [-0.4, -0.2) is 47.7 Å². The zero-order valence-corrected chi connectivity index (χ0v) is 15.6. The summed E-state index contributed by atoms with van der Waals surface area (Å²) >= 11 is 0. The average Bonchev–Trinajstić information content (AvgIpc) is 3.03. The first-order valence-corrected chi connectivity index (χ1v) is 8.69. The highest BCUT2D eigenvalue weighted by Crippen LogP contribution is 2.08. The van der Waals surface area contributed by atoms with Crippen molar-refractivity contribution in [1.29, 1.82) is 0 Å². The molecule has 0 spiro atoms. The summed E-state index contributed by atoms with van der Waals surface area (Å²) in [5.74, 6) is 3.32. The SMILES string of the molecule is CN=C(NCc1nccn1CC(C)C)N(C)CCOc1ccccc1. The molecule has 1 aromatic carbocycles. The fraction of sp³-hybridized carbons (Fsp3) is 0.474. The highest BCUT2D eigenvalue weighted by molar-refractivity contribution is 5.79. The monoisotopic (exact) mass is 343 g/mol. The Morgan fingerprint density at radius 1 is 1.32 bits per heavy atom. The normalized spacial score (nSPS) is 11.6. The predicted octanol–water partition coefficient (Wildman–Crippen LogP) is 2.63. The third-order valence-electron chi connectivity index (χ3n) is 3.78. The minimum Gasteiger partial charge on any atom is -0.492 e. The van der Waals surface area contributed by atoms with Gasteiger partial charge in [0.25, 0.3) is 0 Å². The standard InChI is InChI=1S/C19H29N5O/c1-16(2)15-24-11-10-21-18(24)14-22-19(20-3)23(4)12-13-25-17-8-6-5-7-9-17/h5-11,16H,12-15H2,1-4H3,(H,20,22). The minimum atomic E-state index is 0.588. The van der Waals surface area contributed by atoms with Gasteiger partial charge in [0, 0.05) is 33.0 Å². The van der Waals surface area contributed by atoms with Crippen molar-refractivity contribution in [3.63, 3.8) is 0 Å². The van der Waals surface area contributed by atoms with Gasteiger partial charge in [0.05, 0.1) is 13.1 Å². The van der Waals surface area contributed by atoms with Gasteiger partial charge >= 0.3 is 0 Å². The van der Waals surface area contributed by atoms with Crippen LogP contribution < -0.4 is 10.1 Å². The first kappa shape index (κ1) is 18.8. The van der Waals surface area contributed by atoms with Crippen LogP contribution in [0, 0.1) is 5.92 Å². The molecule has 6 heteroatoms. The number of imidazole rings is 1. The molecule has 0 radical (unpaired) electrons. The minimum absolute atomic E-state index is 0.588. The van der Waals surface area contributed by atoms with E-state index in [9.17, 15) is 0 Å². The van der Waals surface area contributed by atoms with Crippen LogP contribution in [0.2, 0.25) is 0 Å². The van der Waals surface area contributed by atoms with Crippen LogP contribution in [0.1, 0.15) is 19.7 Å². The number of guanidine groups is 1. The van der Waals surface area contributed by atoms with Gasteiger partial charge in [-0.3, -0.25) is 4.99 Å². The third-order valence-corrected chi connectivity index (χ3v) is 3.78. The van der Waals surface area contributed by atoms with Crippen LogP contribution in [0.15, 0.2) is 47.7 Å². The molecule has 1 heterocycles. The van der Waals surface area contributed by atoms with Crippen molar-refractivity contribution in [3.8, 4) is 5.75 Å². The summed E-state index contributed by atoms with van der Waals surface area (Å²) in [7, 11) is 3.79. The Labute approximate surface area is 150 Å². The number of hydrogen-bond acceptors (Lipinski definition) is 3. The fourth-order valence-electron chi connectivity index (χ4n) is 2.53. The number of nitrogens with one attached hydrogen (secondary N) is 1. The molecule has 2 rings (SSSR count). The quantitative estimate of drug-likeness (QED) is 0.591. The molecule has 2 aromatic rings. The van der Waals surface area contributed by atoms with Crippen molar-refractivity contribution in [1.82, 2.24) is 19.8 Å². The molecule has 1 N–H and O–H groups in total. The Morgan fingerprint density at radius 3 is 2.76 bits per heavy atom. The lowest BCUT2D eigenvalue weighted by molar-refractivity contribution is 0.281. The number of aliphatic imine (C=N–C) groups is 1. The summed E-state index contributed by atoms with van der Waals surface area (Å²) in [6.07, 6.45) is 3.87. The lowest BCUT2D eigenvalue weighted by Crippen LogP contribution is -2.40. The number of rotatable bonds is 8. The number of hydrogen-bond donors (Lipinski definition) is 1. The van der Waals surface area contributed by atoms with Crippen LogP contribution in [0.3, 0.4) is 0 Å². The highest BCUT2D eigenvalue weighted by atomic mass is 16.5. The van der Waals surface area contributed by atoms with Crippen LogP contribution >= 0.6 is 0 Å². The van der Waals surface area contributed by atoms with E-state index in [1.54, 1.807) is 7.05 Å². The molecule has 0 fully saturated rings. The van der Waals surface area contributed by atoms with Gasteiger partial charge in [-0.2, -0.15) is 0 Å². The fourth-order valence-corrected chi connectivity index (χ4v) is 2.53. The molecule has 25 heavy (non-hydrogen) atoms. The highest BCUT2D eigenvalue weighted by Gasteiger charge is 2.09. The zero-order chi connectivity index (χ0) is 18.1. The predicted molar refractivity (Wildman–Crippen MR) is 102 cm³/mol. The summed E-state index contributed by atoms with van der Waals surface area (Å²) < 4.78 is 7.93. The van der Waals surface area contributed by atoms with Crippen molar-refractivity contribution < 1.29 is 4.74 Å². The number of para-hydroxylation sites is 1. The van der Waals surface area contributed by atoms with E-state index in [0.717, 1.165) is 30.6 Å². The molecule has 136 valence electrons. The van der Waals surface area contributed by atoms with Gasteiger partial charge in [0.2, 0.25) is 0 Å². The van der Waals surface area contributed by atoms with Gasteiger partial charge < -0.3 is 19.5 Å². The molecule has 0 bridgehead atoms. The van der Waals surface area contributed by atoms with E-state index in [4.69, 9.17) is 4.74 Å². The van der Waals surface area contributed by atoms with Crippen LogP contribution in [-0.2, 0) is 13.1 Å². The summed E-state index contributed by atoms with van der Waals surface area (Å²) in [5.41, 5.74) is 0. The van der Waals surface area contributed by atoms with Gasteiger partial charge in [-0.25, -0.2) is 4.98 Å². The molecule has 6 nitrogen and oxygen atoms in total. The summed E-state index contributed by atoms with van der Waals surface area (Å²) in [4.78, 5) is 10.8. The second-order valence-electron chi connectivity index (χ2n) is 6.37. The Morgan fingerprint density at radius 2 is 2.08 bits per heavy atom. The lowest BCUT2D eigenvalue weighted by Gasteiger charge is -2.22. The Bertz CT molecular complexity index is 651. The second-order valence-corrected chi connectivity index (χ2v) is 6.37. The van der Waals surface area contributed by atoms with Gasteiger partial charge in [0.15, 0.2) is 5.96 Å². The molecule has 0 saturated carbocycles. The second kappa shape index (κ2) is 9.71. The molecular weight excluding hydrogens is 314 g/mol. The molecule has 1 aromatic heterocycles. The molecule has 0 aliphatic carbocycles. The first-order valence-electron chi connectivity index (χ1n) is 8.69. The number of likely N-dealkylation sites (N-methyl/N-ethyl adjacent to an activating group) is 1. The van der Waals surface area contributed by atoms with Crippen molar-refractivity contribution >= 4 is 5.96 Å². The van der Waals surface area contributed by atoms with Gasteiger partial charge in [-0.15, -0.1) is 0 Å². The van der Waals surface area contributed by atoms with Crippen molar-refractivity contribution in [2.24, 2.45) is 10.9 Å². The van der Waals surface area contributed by atoms with Crippen molar-refractivity contribution in [2.75, 3.05) is 27.2 Å². The molecule has 0 atom stereocenters. The van der Waals surface area contributed by atoms with Crippen LogP contribution in [0.25, 0.3) is 0 Å². The molecular formula is C19H29N5O. The number of benzene rings is 1. The van der Waals surface area contributed by atoms with E-state index in [-0.39, 0.29) is 0 Å². The maximum absolute atomic E-state index is 5.74. The Kier molecular flexibility index (Phi) is 7.32. The zero-order valence-electron chi connectivity index (χ0n) is 15.6. The molecule has 0 aliphatic rings. The van der Waals surface area contributed by atoms with Crippen LogP contribution in [0.5, 0.6) is 5.75 Å². The molecule has 0 amide bonds. The number of aromatic nitrogens is 2. The Balaban J connectivity index is 1.80.